The van der Waals surface area contributed by atoms with Crippen LogP contribution in [-0.4, -0.2) is 18.1 Å². The van der Waals surface area contributed by atoms with Gasteiger partial charge in [-0.15, -0.1) is 6.42 Å². The highest BCUT2D eigenvalue weighted by atomic mass is 15.0. The molecule has 40 valence electrons. The minimum Gasteiger partial charge on any atom is -0.264 e. The zero-order chi connectivity index (χ0) is 5.98. The first-order chi connectivity index (χ1) is 3.83. The number of nitrogens with zero attached hydrogens (tertiary/aromatic N) is 2. The molecule has 0 amide bonds. The molecule has 0 aromatic rings. The monoisotopic (exact) mass is 106 g/mol. The Balaban J connectivity index is 2.74. The van der Waals surface area contributed by atoms with Gasteiger partial charge in [-0.2, -0.15) is 0 Å². The van der Waals surface area contributed by atoms with Gasteiger partial charge in [0, 0.05) is 0 Å². The third-order valence-corrected chi connectivity index (χ3v) is 0.921. The van der Waals surface area contributed by atoms with Crippen molar-refractivity contribution in [3.05, 3.63) is 0 Å². The van der Waals surface area contributed by atoms with E-state index in [0.717, 1.165) is 11.5 Å². The molecule has 1 aliphatic heterocycles. The summed E-state index contributed by atoms with van der Waals surface area (Å²) < 4.78 is 0. The second-order valence-corrected chi connectivity index (χ2v) is 1.57. The lowest BCUT2D eigenvalue weighted by Crippen LogP contribution is -1.91. The Bertz CT molecular complexity index is 193. The maximum atomic E-state index is 5.04. The summed E-state index contributed by atoms with van der Waals surface area (Å²) in [6.07, 6.45) is 5.04. The summed E-state index contributed by atoms with van der Waals surface area (Å²) in [5.74, 6) is 3.22. The molecule has 1 heterocycles. The van der Waals surface area contributed by atoms with E-state index >= 15 is 0 Å². The molecular formula is C6H6N2. The normalized spacial score (nSPS) is 17.0. The molecular weight excluding hydrogens is 100 g/mol. The minimum atomic E-state index is 0.600. The fourth-order valence-corrected chi connectivity index (χ4v) is 0.533. The van der Waals surface area contributed by atoms with Crippen LogP contribution in [0.2, 0.25) is 0 Å². The van der Waals surface area contributed by atoms with Gasteiger partial charge in [0.1, 0.15) is 11.5 Å². The van der Waals surface area contributed by atoms with Crippen molar-refractivity contribution in [3.63, 3.8) is 0 Å². The van der Waals surface area contributed by atoms with Crippen LogP contribution in [0.1, 0.15) is 6.92 Å². The highest BCUT2D eigenvalue weighted by Gasteiger charge is 2.00. The topological polar surface area (TPSA) is 24.7 Å². The van der Waals surface area contributed by atoms with Gasteiger partial charge >= 0.3 is 0 Å². The number of terminal acetylenes is 1. The van der Waals surface area contributed by atoms with E-state index in [-0.39, 0.29) is 0 Å². The van der Waals surface area contributed by atoms with Gasteiger partial charge in [0.15, 0.2) is 0 Å². The zero-order valence-electron chi connectivity index (χ0n) is 4.68. The fraction of sp³-hybridized carbons (Fsp3) is 0.333. The summed E-state index contributed by atoms with van der Waals surface area (Å²) in [5, 5.41) is 0. The van der Waals surface area contributed by atoms with Crippen LogP contribution >= 0.6 is 0 Å². The van der Waals surface area contributed by atoms with E-state index in [1.165, 1.54) is 0 Å². The van der Waals surface area contributed by atoms with Crippen LogP contribution in [0.3, 0.4) is 0 Å². The second kappa shape index (κ2) is 1.79. The van der Waals surface area contributed by atoms with Crippen LogP contribution in [0.5, 0.6) is 0 Å². The van der Waals surface area contributed by atoms with E-state index in [4.69, 9.17) is 6.42 Å². The third kappa shape index (κ3) is 0.760. The summed E-state index contributed by atoms with van der Waals surface area (Å²) in [5.41, 5.74) is 0.738. The van der Waals surface area contributed by atoms with E-state index in [1.807, 2.05) is 6.92 Å². The van der Waals surface area contributed by atoms with Crippen LogP contribution in [0.15, 0.2) is 9.98 Å². The first kappa shape index (κ1) is 5.04. The van der Waals surface area contributed by atoms with E-state index in [9.17, 15) is 0 Å². The molecule has 0 unspecified atom stereocenters. The van der Waals surface area contributed by atoms with E-state index < -0.39 is 0 Å². The number of aliphatic imine (C=N–C) groups is 2. The molecule has 0 saturated carbocycles. The van der Waals surface area contributed by atoms with Gasteiger partial charge in [0.25, 0.3) is 0 Å². The number of rotatable bonds is 0. The first-order valence-electron chi connectivity index (χ1n) is 2.38. The highest BCUT2D eigenvalue weighted by molar-refractivity contribution is 6.11. The SMILES string of the molecule is C#CC1=NC(C)=NC1. The van der Waals surface area contributed by atoms with Gasteiger partial charge in [0.05, 0.1) is 6.54 Å². The lowest BCUT2D eigenvalue weighted by molar-refractivity contribution is 1.34. The zero-order valence-corrected chi connectivity index (χ0v) is 4.68. The molecule has 0 saturated heterocycles. The van der Waals surface area contributed by atoms with Crippen LogP contribution in [0.25, 0.3) is 0 Å². The molecule has 0 aliphatic carbocycles. The van der Waals surface area contributed by atoms with Gasteiger partial charge in [-0.25, -0.2) is 4.99 Å². The van der Waals surface area contributed by atoms with Gasteiger partial charge < -0.3 is 0 Å². The Kier molecular flexibility index (Phi) is 1.13. The van der Waals surface area contributed by atoms with Crippen molar-refractivity contribution in [2.75, 3.05) is 6.54 Å². The third-order valence-electron chi connectivity index (χ3n) is 0.921. The van der Waals surface area contributed by atoms with Crippen molar-refractivity contribution < 1.29 is 0 Å². The van der Waals surface area contributed by atoms with Crippen molar-refractivity contribution >= 4 is 11.5 Å². The summed E-state index contributed by atoms with van der Waals surface area (Å²) in [6, 6.07) is 0. The minimum absolute atomic E-state index is 0.600. The molecule has 0 aromatic heterocycles. The lowest BCUT2D eigenvalue weighted by Gasteiger charge is -1.76. The van der Waals surface area contributed by atoms with Crippen LogP contribution in [0.4, 0.5) is 0 Å². The summed E-state index contributed by atoms with van der Waals surface area (Å²) in [4.78, 5) is 7.90. The summed E-state index contributed by atoms with van der Waals surface area (Å²) in [7, 11) is 0. The van der Waals surface area contributed by atoms with Gasteiger partial charge in [0.2, 0.25) is 0 Å². The summed E-state index contributed by atoms with van der Waals surface area (Å²) in [6.45, 7) is 2.44. The highest BCUT2D eigenvalue weighted by Crippen LogP contribution is 1.92. The molecule has 1 rings (SSSR count). The van der Waals surface area contributed by atoms with Crippen molar-refractivity contribution in [3.8, 4) is 12.3 Å². The van der Waals surface area contributed by atoms with Gasteiger partial charge in [-0.05, 0) is 6.92 Å². The standard InChI is InChI=1S/C6H6N2/c1-3-6-4-7-5(2)8-6/h1H,4H2,2H3. The van der Waals surface area contributed by atoms with Crippen molar-refractivity contribution in [2.24, 2.45) is 9.98 Å². The Morgan fingerprint density at radius 2 is 2.50 bits per heavy atom. The number of hydrogen-bond acceptors (Lipinski definition) is 2. The maximum Gasteiger partial charge on any atom is 0.121 e. The molecule has 0 radical (unpaired) electrons. The summed E-state index contributed by atoms with van der Waals surface area (Å²) >= 11 is 0. The average Bonchev–Trinajstić information content (AvgIpc) is 2.14. The molecule has 2 nitrogen and oxygen atoms in total. The molecule has 0 N–H and O–H groups in total. The molecule has 0 bridgehead atoms. The Morgan fingerprint density at radius 3 is 2.75 bits per heavy atom. The van der Waals surface area contributed by atoms with Crippen LogP contribution < -0.4 is 0 Å². The largest absolute Gasteiger partial charge is 0.264 e. The predicted octanol–water partition coefficient (Wildman–Crippen LogP) is 0.493. The molecule has 0 atom stereocenters. The van der Waals surface area contributed by atoms with Gasteiger partial charge in [-0.1, -0.05) is 5.92 Å². The quantitative estimate of drug-likeness (QED) is 0.401. The Labute approximate surface area is 48.3 Å². The Morgan fingerprint density at radius 1 is 1.75 bits per heavy atom. The van der Waals surface area contributed by atoms with Crippen molar-refractivity contribution in [1.29, 1.82) is 0 Å². The first-order valence-corrected chi connectivity index (χ1v) is 2.38. The molecule has 8 heavy (non-hydrogen) atoms. The maximum absolute atomic E-state index is 5.04. The smallest absolute Gasteiger partial charge is 0.121 e. The number of amidine groups is 1. The van der Waals surface area contributed by atoms with Crippen LogP contribution in [-0.2, 0) is 0 Å². The second-order valence-electron chi connectivity index (χ2n) is 1.57. The predicted molar refractivity (Wildman–Crippen MR) is 34.2 cm³/mol. The van der Waals surface area contributed by atoms with Crippen LogP contribution in [0, 0.1) is 12.3 Å². The Hall–Kier alpha value is -1.10. The van der Waals surface area contributed by atoms with Gasteiger partial charge in [-0.3, -0.25) is 4.99 Å². The molecule has 0 fully saturated rings. The lowest BCUT2D eigenvalue weighted by atomic mass is 10.4. The van der Waals surface area contributed by atoms with E-state index in [1.54, 1.807) is 0 Å². The van der Waals surface area contributed by atoms with Crippen molar-refractivity contribution in [1.82, 2.24) is 0 Å². The van der Waals surface area contributed by atoms with E-state index in [2.05, 4.69) is 15.9 Å². The average molecular weight is 106 g/mol. The molecule has 1 aliphatic rings. The van der Waals surface area contributed by atoms with Crippen molar-refractivity contribution in [2.45, 2.75) is 6.92 Å². The molecule has 2 heteroatoms. The molecule has 0 spiro atoms. The fourth-order valence-electron chi connectivity index (χ4n) is 0.533. The molecule has 0 aromatic carbocycles. The van der Waals surface area contributed by atoms with E-state index in [0.29, 0.717) is 6.54 Å². The number of hydrogen-bond donors (Lipinski definition) is 0.